The maximum atomic E-state index is 13.6. The first kappa shape index (κ1) is 33.8. The zero-order valence-corrected chi connectivity index (χ0v) is 26.6. The summed E-state index contributed by atoms with van der Waals surface area (Å²) in [4.78, 5) is 8.58. The number of hydrazine groups is 1. The average molecular weight is 645 g/mol. The van der Waals surface area contributed by atoms with Gasteiger partial charge in [-0.05, 0) is 91.2 Å². The number of rotatable bonds is 8. The summed E-state index contributed by atoms with van der Waals surface area (Å²) < 4.78 is 81.4. The molecule has 1 heterocycles. The average Bonchev–Trinajstić information content (AvgIpc) is 3.00. The minimum atomic E-state index is -4.98. The number of halogens is 6. The van der Waals surface area contributed by atoms with Crippen LogP contribution < -0.4 is 5.43 Å². The third kappa shape index (κ3) is 7.52. The Balaban J connectivity index is 1.57. The summed E-state index contributed by atoms with van der Waals surface area (Å²) >= 11 is 0. The van der Waals surface area contributed by atoms with Crippen LogP contribution >= 0.6 is 0 Å². The molecule has 1 unspecified atom stereocenters. The summed E-state index contributed by atoms with van der Waals surface area (Å²) in [5.41, 5.74) is 4.53. The van der Waals surface area contributed by atoms with Crippen LogP contribution in [0.1, 0.15) is 94.4 Å². The fraction of sp³-hybridized carbons (Fsp3) is 0.500. The Kier molecular flexibility index (Phi) is 10.0. The van der Waals surface area contributed by atoms with Crippen LogP contribution in [0.15, 0.2) is 70.4 Å². The molecule has 4 nitrogen and oxygen atoms in total. The normalized spacial score (nSPS) is 23.6. The highest BCUT2D eigenvalue weighted by atomic mass is 19.4. The van der Waals surface area contributed by atoms with E-state index in [0.717, 1.165) is 72.9 Å². The third-order valence-corrected chi connectivity index (χ3v) is 9.97. The Hall–Kier alpha value is -3.56. The van der Waals surface area contributed by atoms with Crippen molar-refractivity contribution in [2.24, 2.45) is 33.7 Å². The van der Waals surface area contributed by atoms with E-state index < -0.39 is 29.2 Å². The molecule has 2 fully saturated rings. The van der Waals surface area contributed by atoms with E-state index in [1.807, 2.05) is 5.01 Å². The topological polar surface area (TPSA) is 40.0 Å². The van der Waals surface area contributed by atoms with Crippen molar-refractivity contribution in [3.05, 3.63) is 82.7 Å². The van der Waals surface area contributed by atoms with Gasteiger partial charge in [-0.3, -0.25) is 10.4 Å². The van der Waals surface area contributed by atoms with Gasteiger partial charge in [0.1, 0.15) is 0 Å². The molecule has 1 N–H and O–H groups in total. The summed E-state index contributed by atoms with van der Waals surface area (Å²) in [5, 5.41) is 1.81. The Morgan fingerprint density at radius 1 is 0.913 bits per heavy atom. The van der Waals surface area contributed by atoms with Crippen molar-refractivity contribution in [2.75, 3.05) is 0 Å². The SMILES string of the molecule is C=C(C1CCC(C2CCC2)CC1)N1NC(=Nc2cc(C(F)(F)F)cc(C(F)(F)F)c2)N=C/C1=C(\c1ccc(CC)cc1)C(C)CC. The molecule has 248 valence electrons. The van der Waals surface area contributed by atoms with Crippen molar-refractivity contribution < 1.29 is 26.3 Å². The molecular formula is C36H42F6N4. The van der Waals surface area contributed by atoms with Gasteiger partial charge in [0.05, 0.1) is 28.7 Å². The second-order valence-electron chi connectivity index (χ2n) is 12.9. The number of hydrogen-bond acceptors (Lipinski definition) is 2. The predicted molar refractivity (Wildman–Crippen MR) is 171 cm³/mol. The van der Waals surface area contributed by atoms with E-state index in [9.17, 15) is 26.3 Å². The molecule has 0 aromatic heterocycles. The van der Waals surface area contributed by atoms with Crippen molar-refractivity contribution >= 4 is 23.4 Å². The van der Waals surface area contributed by atoms with Crippen molar-refractivity contribution in [1.29, 1.82) is 0 Å². The number of aliphatic imine (C=N–C) groups is 2. The van der Waals surface area contributed by atoms with Gasteiger partial charge in [0, 0.05) is 11.6 Å². The predicted octanol–water partition coefficient (Wildman–Crippen LogP) is 10.7. The van der Waals surface area contributed by atoms with Gasteiger partial charge in [-0.25, -0.2) is 9.98 Å². The van der Waals surface area contributed by atoms with E-state index in [1.165, 1.54) is 24.8 Å². The maximum absolute atomic E-state index is 13.6. The van der Waals surface area contributed by atoms with Gasteiger partial charge >= 0.3 is 12.4 Å². The van der Waals surface area contributed by atoms with Gasteiger partial charge in [0.15, 0.2) is 0 Å². The van der Waals surface area contributed by atoms with E-state index in [0.29, 0.717) is 12.1 Å². The quantitative estimate of drug-likeness (QED) is 0.291. The van der Waals surface area contributed by atoms with Gasteiger partial charge in [-0.15, -0.1) is 0 Å². The first-order valence-corrected chi connectivity index (χ1v) is 16.3. The Bertz CT molecular complexity index is 1460. The Morgan fingerprint density at radius 3 is 2.00 bits per heavy atom. The molecule has 46 heavy (non-hydrogen) atoms. The highest BCUT2D eigenvalue weighted by molar-refractivity contribution is 6.01. The molecule has 5 rings (SSSR count). The molecule has 2 aromatic rings. The first-order chi connectivity index (χ1) is 21.8. The summed E-state index contributed by atoms with van der Waals surface area (Å²) in [7, 11) is 0. The lowest BCUT2D eigenvalue weighted by Gasteiger charge is -2.42. The van der Waals surface area contributed by atoms with Crippen LogP contribution in [0.5, 0.6) is 0 Å². The molecule has 0 bridgehead atoms. The molecule has 0 saturated heterocycles. The zero-order chi connectivity index (χ0) is 33.2. The molecule has 1 aliphatic heterocycles. The molecule has 0 radical (unpaired) electrons. The highest BCUT2D eigenvalue weighted by Crippen LogP contribution is 2.45. The third-order valence-electron chi connectivity index (χ3n) is 9.97. The maximum Gasteiger partial charge on any atom is 0.416 e. The monoisotopic (exact) mass is 644 g/mol. The zero-order valence-electron chi connectivity index (χ0n) is 26.6. The minimum Gasteiger partial charge on any atom is -0.261 e. The lowest BCUT2D eigenvalue weighted by molar-refractivity contribution is -0.143. The minimum absolute atomic E-state index is 0.0957. The van der Waals surface area contributed by atoms with Crippen LogP contribution in [0.2, 0.25) is 0 Å². The lowest BCUT2D eigenvalue weighted by atomic mass is 9.68. The van der Waals surface area contributed by atoms with Crippen LogP contribution in [0, 0.1) is 23.7 Å². The molecule has 2 aromatic carbocycles. The van der Waals surface area contributed by atoms with Gasteiger partial charge < -0.3 is 0 Å². The number of alkyl halides is 6. The number of nitrogens with one attached hydrogen (secondary N) is 1. The van der Waals surface area contributed by atoms with Gasteiger partial charge in [-0.2, -0.15) is 26.3 Å². The molecule has 0 spiro atoms. The number of allylic oxidation sites excluding steroid dienone is 3. The second kappa shape index (κ2) is 13.7. The number of hydrogen-bond donors (Lipinski definition) is 1. The molecule has 0 amide bonds. The molecule has 2 saturated carbocycles. The van der Waals surface area contributed by atoms with Crippen molar-refractivity contribution in [3.63, 3.8) is 0 Å². The van der Waals surface area contributed by atoms with Gasteiger partial charge in [0.25, 0.3) is 0 Å². The number of aryl methyl sites for hydroxylation is 1. The molecule has 10 heteroatoms. The van der Waals surface area contributed by atoms with Crippen LogP contribution in [-0.2, 0) is 18.8 Å². The van der Waals surface area contributed by atoms with E-state index in [1.54, 1.807) is 6.21 Å². The standard InChI is InChI=1S/C36H42F6N4/c1-5-22(3)33(28-12-10-24(6-2)11-13-28)32-21-43-34(44-31-19-29(35(37,38)39)18-30(20-31)36(40,41)42)45-46(32)23(4)25-14-16-27(17-15-25)26-8-7-9-26/h10-13,18-22,25-27H,4-9,14-17H2,1-3H3,(H,44,45)/b33-32+. The Labute approximate surface area is 267 Å². The smallest absolute Gasteiger partial charge is 0.261 e. The van der Waals surface area contributed by atoms with Gasteiger partial charge in [-0.1, -0.05) is 70.9 Å². The van der Waals surface area contributed by atoms with Crippen molar-refractivity contribution in [3.8, 4) is 0 Å². The molecule has 3 aliphatic rings. The van der Waals surface area contributed by atoms with Crippen LogP contribution in [0.3, 0.4) is 0 Å². The summed E-state index contributed by atoms with van der Waals surface area (Å²) in [6.45, 7) is 10.8. The van der Waals surface area contributed by atoms with E-state index in [2.05, 4.69) is 67.0 Å². The molecule has 1 atom stereocenters. The highest BCUT2D eigenvalue weighted by Gasteiger charge is 2.38. The lowest BCUT2D eigenvalue weighted by Crippen LogP contribution is -2.46. The number of guanidine groups is 1. The van der Waals surface area contributed by atoms with E-state index in [4.69, 9.17) is 0 Å². The largest absolute Gasteiger partial charge is 0.416 e. The van der Waals surface area contributed by atoms with Crippen LogP contribution in [0.25, 0.3) is 5.57 Å². The fourth-order valence-corrected chi connectivity index (χ4v) is 6.79. The summed E-state index contributed by atoms with van der Waals surface area (Å²) in [5.74, 6) is 1.66. The summed E-state index contributed by atoms with van der Waals surface area (Å²) in [6.07, 6.45) is 1.42. The van der Waals surface area contributed by atoms with Crippen molar-refractivity contribution in [2.45, 2.75) is 90.9 Å². The molecular weight excluding hydrogens is 602 g/mol. The number of benzene rings is 2. The fourth-order valence-electron chi connectivity index (χ4n) is 6.79. The van der Waals surface area contributed by atoms with Crippen LogP contribution in [0.4, 0.5) is 32.0 Å². The van der Waals surface area contributed by atoms with Gasteiger partial charge in [0.2, 0.25) is 5.96 Å². The van der Waals surface area contributed by atoms with Crippen molar-refractivity contribution in [1.82, 2.24) is 10.4 Å². The Morgan fingerprint density at radius 2 is 1.50 bits per heavy atom. The summed E-state index contributed by atoms with van der Waals surface area (Å²) in [6, 6.07) is 9.64. The number of nitrogens with zero attached hydrogens (tertiary/aromatic N) is 3. The molecule has 2 aliphatic carbocycles. The van der Waals surface area contributed by atoms with E-state index in [-0.39, 0.29) is 23.9 Å². The second-order valence-corrected chi connectivity index (χ2v) is 12.9. The van der Waals surface area contributed by atoms with Crippen LogP contribution in [-0.4, -0.2) is 17.2 Å². The first-order valence-electron chi connectivity index (χ1n) is 16.3. The van der Waals surface area contributed by atoms with E-state index >= 15 is 0 Å².